The maximum absolute atomic E-state index is 13.3. The van der Waals surface area contributed by atoms with Gasteiger partial charge in [0.15, 0.2) is 0 Å². The molecule has 1 N–H and O–H groups in total. The molecule has 1 aliphatic heterocycles. The number of thioether (sulfide) groups is 1. The van der Waals surface area contributed by atoms with Crippen molar-refractivity contribution in [2.75, 3.05) is 11.9 Å². The second-order valence-corrected chi connectivity index (χ2v) is 8.37. The van der Waals surface area contributed by atoms with Crippen molar-refractivity contribution < 1.29 is 9.59 Å². The van der Waals surface area contributed by atoms with Gasteiger partial charge in [-0.05, 0) is 49.6 Å². The quantitative estimate of drug-likeness (QED) is 0.590. The van der Waals surface area contributed by atoms with Gasteiger partial charge in [-0.15, -0.1) is 0 Å². The first kappa shape index (κ1) is 21.0. The third-order valence-corrected chi connectivity index (χ3v) is 6.35. The predicted molar refractivity (Wildman–Crippen MR) is 117 cm³/mol. The first-order valence-corrected chi connectivity index (χ1v) is 10.3. The van der Waals surface area contributed by atoms with E-state index < -0.39 is 11.2 Å². The van der Waals surface area contributed by atoms with Gasteiger partial charge in [0.05, 0.1) is 5.25 Å². The summed E-state index contributed by atoms with van der Waals surface area (Å²) in [4.78, 5) is 27.0. The molecule has 0 aromatic heterocycles. The minimum Gasteiger partial charge on any atom is -0.354 e. The normalized spacial score (nSPS) is 17.8. The fourth-order valence-electron chi connectivity index (χ4n) is 3.02. The van der Waals surface area contributed by atoms with Gasteiger partial charge in [0.1, 0.15) is 16.7 Å². The molecular formula is C22H20ClN3O2S. The first-order valence-electron chi connectivity index (χ1n) is 9.04. The molecule has 1 atom stereocenters. The van der Waals surface area contributed by atoms with Gasteiger partial charge in [-0.1, -0.05) is 53.2 Å². The standard InChI is InChI=1S/C22H20ClN3O2S/c1-13-4-8-16(9-5-13)26-21(28)19(11-15-7-6-14(2)18(23)10-15)29-22(26)17(12-24)20(27)25-3/h4-10,19H,11H2,1-3H3,(H,25,27). The van der Waals surface area contributed by atoms with Crippen LogP contribution in [-0.4, -0.2) is 24.1 Å². The van der Waals surface area contributed by atoms with Crippen LogP contribution < -0.4 is 10.2 Å². The van der Waals surface area contributed by atoms with Gasteiger partial charge in [-0.2, -0.15) is 5.26 Å². The summed E-state index contributed by atoms with van der Waals surface area (Å²) in [6.07, 6.45) is 0.446. The lowest BCUT2D eigenvalue weighted by Crippen LogP contribution is -2.31. The number of hydrogen-bond donors (Lipinski definition) is 1. The number of carbonyl (C=O) groups excluding carboxylic acids is 2. The molecule has 1 unspecified atom stereocenters. The third-order valence-electron chi connectivity index (χ3n) is 4.68. The number of aryl methyl sites for hydroxylation is 2. The van der Waals surface area contributed by atoms with Crippen LogP contribution in [0.25, 0.3) is 0 Å². The highest BCUT2D eigenvalue weighted by Crippen LogP contribution is 2.42. The fourth-order valence-corrected chi connectivity index (χ4v) is 4.53. The summed E-state index contributed by atoms with van der Waals surface area (Å²) in [6.45, 7) is 3.88. The maximum Gasteiger partial charge on any atom is 0.264 e. The number of likely N-dealkylation sites (N-methyl/N-ethyl adjacent to an activating group) is 1. The Hall–Kier alpha value is -2.75. The molecule has 29 heavy (non-hydrogen) atoms. The van der Waals surface area contributed by atoms with Gasteiger partial charge in [-0.3, -0.25) is 14.5 Å². The van der Waals surface area contributed by atoms with E-state index in [2.05, 4.69) is 5.32 Å². The van der Waals surface area contributed by atoms with Crippen LogP contribution in [0.2, 0.25) is 5.02 Å². The van der Waals surface area contributed by atoms with Gasteiger partial charge in [0, 0.05) is 17.8 Å². The summed E-state index contributed by atoms with van der Waals surface area (Å²) in [5.41, 5.74) is 3.50. The zero-order chi connectivity index (χ0) is 21.1. The molecule has 5 nitrogen and oxygen atoms in total. The lowest BCUT2D eigenvalue weighted by atomic mass is 10.1. The molecule has 7 heteroatoms. The third kappa shape index (κ3) is 4.31. The number of halogens is 1. The summed E-state index contributed by atoms with van der Waals surface area (Å²) in [5, 5.41) is 12.6. The van der Waals surface area contributed by atoms with Crippen LogP contribution in [-0.2, 0) is 16.0 Å². The Kier molecular flexibility index (Phi) is 6.31. The Labute approximate surface area is 179 Å². The van der Waals surface area contributed by atoms with E-state index in [0.29, 0.717) is 22.2 Å². The molecule has 0 aliphatic carbocycles. The zero-order valence-corrected chi connectivity index (χ0v) is 17.9. The van der Waals surface area contributed by atoms with Crippen LogP contribution in [0.3, 0.4) is 0 Å². The van der Waals surface area contributed by atoms with E-state index in [1.54, 1.807) is 0 Å². The molecular weight excluding hydrogens is 406 g/mol. The monoisotopic (exact) mass is 425 g/mol. The summed E-state index contributed by atoms with van der Waals surface area (Å²) >= 11 is 7.47. The number of carbonyl (C=O) groups is 2. The molecule has 2 aromatic rings. The van der Waals surface area contributed by atoms with Crippen molar-refractivity contribution >= 4 is 40.9 Å². The van der Waals surface area contributed by atoms with E-state index in [4.69, 9.17) is 11.6 Å². The van der Waals surface area contributed by atoms with Crippen LogP contribution in [0.4, 0.5) is 5.69 Å². The van der Waals surface area contributed by atoms with E-state index in [1.807, 2.05) is 62.4 Å². The SMILES string of the molecule is CNC(=O)C(C#N)=C1SC(Cc2ccc(C)c(Cl)c2)C(=O)N1c1ccc(C)cc1. The average Bonchev–Trinajstić information content (AvgIpc) is 3.01. The molecule has 1 fully saturated rings. The maximum atomic E-state index is 13.3. The smallest absolute Gasteiger partial charge is 0.264 e. The van der Waals surface area contributed by atoms with Crippen molar-refractivity contribution in [2.45, 2.75) is 25.5 Å². The van der Waals surface area contributed by atoms with Crippen LogP contribution in [0.5, 0.6) is 0 Å². The summed E-state index contributed by atoms with van der Waals surface area (Å²) in [7, 11) is 1.46. The largest absolute Gasteiger partial charge is 0.354 e. The van der Waals surface area contributed by atoms with E-state index in [-0.39, 0.29) is 11.5 Å². The fraction of sp³-hybridized carbons (Fsp3) is 0.227. The number of hydrogen-bond acceptors (Lipinski definition) is 4. The number of anilines is 1. The topological polar surface area (TPSA) is 73.2 Å². The average molecular weight is 426 g/mol. The van der Waals surface area contributed by atoms with Gasteiger partial charge < -0.3 is 5.32 Å². The molecule has 1 heterocycles. The highest BCUT2D eigenvalue weighted by molar-refractivity contribution is 8.05. The Morgan fingerprint density at radius 3 is 2.52 bits per heavy atom. The number of rotatable bonds is 4. The highest BCUT2D eigenvalue weighted by Gasteiger charge is 2.40. The molecule has 3 rings (SSSR count). The van der Waals surface area contributed by atoms with Gasteiger partial charge in [-0.25, -0.2) is 0 Å². The molecule has 0 radical (unpaired) electrons. The van der Waals surface area contributed by atoms with Gasteiger partial charge in [0.25, 0.3) is 5.91 Å². The lowest BCUT2D eigenvalue weighted by molar-refractivity contribution is -0.117. The van der Waals surface area contributed by atoms with E-state index in [0.717, 1.165) is 16.7 Å². The second-order valence-electron chi connectivity index (χ2n) is 6.77. The van der Waals surface area contributed by atoms with Gasteiger partial charge >= 0.3 is 0 Å². The molecule has 1 aliphatic rings. The Morgan fingerprint density at radius 2 is 1.93 bits per heavy atom. The van der Waals surface area contributed by atoms with E-state index >= 15 is 0 Å². The molecule has 2 aromatic carbocycles. The molecule has 0 bridgehead atoms. The number of nitriles is 1. The summed E-state index contributed by atoms with van der Waals surface area (Å²) in [6, 6.07) is 15.1. The van der Waals surface area contributed by atoms with Gasteiger partial charge in [0.2, 0.25) is 5.91 Å². The molecule has 2 amide bonds. The Balaban J connectivity index is 2.03. The molecule has 0 spiro atoms. The van der Waals surface area contributed by atoms with Crippen LogP contribution in [0, 0.1) is 25.2 Å². The van der Waals surface area contributed by atoms with Crippen molar-refractivity contribution in [3.8, 4) is 6.07 Å². The lowest BCUT2D eigenvalue weighted by Gasteiger charge is -2.18. The van der Waals surface area contributed by atoms with Crippen LogP contribution in [0.1, 0.15) is 16.7 Å². The Morgan fingerprint density at radius 1 is 1.24 bits per heavy atom. The molecule has 0 saturated carbocycles. The number of amides is 2. The van der Waals surface area contributed by atoms with Crippen molar-refractivity contribution in [1.82, 2.24) is 5.32 Å². The van der Waals surface area contributed by atoms with Crippen LogP contribution >= 0.6 is 23.4 Å². The van der Waals surface area contributed by atoms with E-state index in [9.17, 15) is 14.9 Å². The van der Waals surface area contributed by atoms with Crippen molar-refractivity contribution in [2.24, 2.45) is 0 Å². The van der Waals surface area contributed by atoms with Crippen molar-refractivity contribution in [3.63, 3.8) is 0 Å². The zero-order valence-electron chi connectivity index (χ0n) is 16.3. The highest BCUT2D eigenvalue weighted by atomic mass is 35.5. The predicted octanol–water partition coefficient (Wildman–Crippen LogP) is 4.13. The second kappa shape index (κ2) is 8.73. The molecule has 148 valence electrons. The molecule has 1 saturated heterocycles. The Bertz CT molecular complexity index is 1040. The number of nitrogens with one attached hydrogen (secondary N) is 1. The number of benzene rings is 2. The van der Waals surface area contributed by atoms with Crippen LogP contribution in [0.15, 0.2) is 53.1 Å². The summed E-state index contributed by atoms with van der Waals surface area (Å²) in [5.74, 6) is -0.679. The van der Waals surface area contributed by atoms with E-state index in [1.165, 1.54) is 23.7 Å². The number of nitrogens with zero attached hydrogens (tertiary/aromatic N) is 2. The van der Waals surface area contributed by atoms with Crippen molar-refractivity contribution in [3.05, 3.63) is 74.8 Å². The first-order chi connectivity index (χ1) is 13.8. The minimum atomic E-state index is -0.515. The summed E-state index contributed by atoms with van der Waals surface area (Å²) < 4.78 is 0. The minimum absolute atomic E-state index is 0.0733. The van der Waals surface area contributed by atoms with Crippen molar-refractivity contribution in [1.29, 1.82) is 5.26 Å².